The number of aromatic carboxylic acids is 1. The molecule has 3 rings (SSSR count). The molecule has 1 aliphatic heterocycles. The van der Waals surface area contributed by atoms with Gasteiger partial charge in [0.2, 0.25) is 10.0 Å². The molecule has 1 aliphatic rings. The summed E-state index contributed by atoms with van der Waals surface area (Å²) in [6.07, 6.45) is 3.74. The molecule has 26 heavy (non-hydrogen) atoms. The number of hydrogen-bond acceptors (Lipinski definition) is 5. The first-order valence-corrected chi connectivity index (χ1v) is 10.3. The molecule has 0 amide bonds. The fourth-order valence-electron chi connectivity index (χ4n) is 3.29. The molecule has 2 aromatic rings. The molecule has 138 valence electrons. The van der Waals surface area contributed by atoms with Crippen molar-refractivity contribution in [3.8, 4) is 11.3 Å². The highest BCUT2D eigenvalue weighted by molar-refractivity contribution is 7.88. The van der Waals surface area contributed by atoms with Crippen LogP contribution in [0.5, 0.6) is 0 Å². The summed E-state index contributed by atoms with van der Waals surface area (Å²) in [4.78, 5) is 19.9. The van der Waals surface area contributed by atoms with Gasteiger partial charge in [-0.05, 0) is 38.0 Å². The van der Waals surface area contributed by atoms with Crippen molar-refractivity contribution in [2.75, 3.05) is 12.8 Å². The van der Waals surface area contributed by atoms with E-state index < -0.39 is 16.0 Å². The van der Waals surface area contributed by atoms with E-state index in [9.17, 15) is 13.2 Å². The molecule has 1 aromatic carbocycles. The zero-order chi connectivity index (χ0) is 18.9. The van der Waals surface area contributed by atoms with Crippen molar-refractivity contribution in [3.63, 3.8) is 0 Å². The number of carboxylic acid groups (broad SMARTS) is 1. The number of rotatable bonds is 4. The second-order valence-electron chi connectivity index (χ2n) is 6.49. The van der Waals surface area contributed by atoms with Gasteiger partial charge in [-0.2, -0.15) is 4.31 Å². The second kappa shape index (κ2) is 7.13. The molecule has 2 heterocycles. The molecule has 7 nitrogen and oxygen atoms in total. The van der Waals surface area contributed by atoms with E-state index in [4.69, 9.17) is 5.11 Å². The Labute approximate surface area is 152 Å². The summed E-state index contributed by atoms with van der Waals surface area (Å²) in [6.45, 7) is 2.27. The Morgan fingerprint density at radius 2 is 1.88 bits per heavy atom. The summed E-state index contributed by atoms with van der Waals surface area (Å²) in [5.74, 6) is -0.430. The molecule has 0 aliphatic carbocycles. The Bertz CT molecular complexity index is 926. The maximum Gasteiger partial charge on any atom is 0.335 e. The van der Waals surface area contributed by atoms with Crippen LogP contribution in [0.3, 0.4) is 0 Å². The minimum atomic E-state index is -3.32. The van der Waals surface area contributed by atoms with E-state index in [0.717, 1.165) is 24.8 Å². The van der Waals surface area contributed by atoms with Crippen LogP contribution in [0.15, 0.2) is 30.3 Å². The standard InChI is InChI=1S/C18H21N3O4S/c1-12-19-15(13-6-8-14(9-7-13)18(22)23)11-16(20-12)17-5-3-4-10-21(17)26(2,24)25/h6-9,11,17H,3-5,10H2,1-2H3,(H,22,23)/t17-/m0/s1. The van der Waals surface area contributed by atoms with E-state index in [2.05, 4.69) is 9.97 Å². The zero-order valence-electron chi connectivity index (χ0n) is 14.7. The summed E-state index contributed by atoms with van der Waals surface area (Å²) < 4.78 is 25.8. The number of sulfonamides is 1. The number of aryl methyl sites for hydroxylation is 1. The third-order valence-electron chi connectivity index (χ3n) is 4.51. The van der Waals surface area contributed by atoms with Gasteiger partial charge in [0.1, 0.15) is 5.82 Å². The zero-order valence-corrected chi connectivity index (χ0v) is 15.5. The SMILES string of the molecule is Cc1nc(-c2ccc(C(=O)O)cc2)cc([C@@H]2CCCCN2S(C)(=O)=O)n1. The van der Waals surface area contributed by atoms with Crippen LogP contribution in [0, 0.1) is 6.92 Å². The third kappa shape index (κ3) is 3.91. The van der Waals surface area contributed by atoms with E-state index in [1.807, 2.05) is 0 Å². The number of aromatic nitrogens is 2. The van der Waals surface area contributed by atoms with Crippen LogP contribution in [0.25, 0.3) is 11.3 Å². The molecule has 0 spiro atoms. The van der Waals surface area contributed by atoms with E-state index in [1.165, 1.54) is 22.7 Å². The third-order valence-corrected chi connectivity index (χ3v) is 5.80. The van der Waals surface area contributed by atoms with Gasteiger partial charge in [0.15, 0.2) is 0 Å². The number of nitrogens with zero attached hydrogens (tertiary/aromatic N) is 3. The van der Waals surface area contributed by atoms with Crippen molar-refractivity contribution < 1.29 is 18.3 Å². The average molecular weight is 375 g/mol. The lowest BCUT2D eigenvalue weighted by atomic mass is 10.00. The second-order valence-corrected chi connectivity index (χ2v) is 8.43. The van der Waals surface area contributed by atoms with Crippen LogP contribution >= 0.6 is 0 Å². The number of benzene rings is 1. The van der Waals surface area contributed by atoms with Crippen LogP contribution in [0.2, 0.25) is 0 Å². The van der Waals surface area contributed by atoms with Crippen LogP contribution in [-0.4, -0.2) is 46.6 Å². The summed E-state index contributed by atoms with van der Waals surface area (Å²) in [5, 5.41) is 9.02. The predicted molar refractivity (Wildman–Crippen MR) is 97.3 cm³/mol. The van der Waals surface area contributed by atoms with Crippen LogP contribution in [0.1, 0.15) is 47.2 Å². The molecule has 8 heteroatoms. The number of hydrogen-bond donors (Lipinski definition) is 1. The lowest BCUT2D eigenvalue weighted by Gasteiger charge is -2.33. The fraction of sp³-hybridized carbons (Fsp3) is 0.389. The average Bonchev–Trinajstić information content (AvgIpc) is 2.60. The van der Waals surface area contributed by atoms with Crippen molar-refractivity contribution in [1.29, 1.82) is 0 Å². The highest BCUT2D eigenvalue weighted by Crippen LogP contribution is 2.33. The maximum absolute atomic E-state index is 12.1. The smallest absolute Gasteiger partial charge is 0.335 e. The van der Waals surface area contributed by atoms with Gasteiger partial charge in [0.25, 0.3) is 0 Å². The summed E-state index contributed by atoms with van der Waals surface area (Å²) in [6, 6.07) is 7.96. The van der Waals surface area contributed by atoms with Gasteiger partial charge >= 0.3 is 5.97 Å². The minimum absolute atomic E-state index is 0.204. The Morgan fingerprint density at radius 3 is 2.50 bits per heavy atom. The highest BCUT2D eigenvalue weighted by atomic mass is 32.2. The number of piperidine rings is 1. The monoisotopic (exact) mass is 375 g/mol. The van der Waals surface area contributed by atoms with Gasteiger partial charge in [0, 0.05) is 12.1 Å². The topological polar surface area (TPSA) is 100 Å². The maximum atomic E-state index is 12.1. The highest BCUT2D eigenvalue weighted by Gasteiger charge is 2.31. The van der Waals surface area contributed by atoms with E-state index in [1.54, 1.807) is 25.1 Å². The molecule has 1 N–H and O–H groups in total. The molecule has 0 unspecified atom stereocenters. The first kappa shape index (κ1) is 18.5. The van der Waals surface area contributed by atoms with Crippen LogP contribution < -0.4 is 0 Å². The Morgan fingerprint density at radius 1 is 1.19 bits per heavy atom. The molecule has 1 aromatic heterocycles. The Hall–Kier alpha value is -2.32. The van der Waals surface area contributed by atoms with Gasteiger partial charge in [-0.15, -0.1) is 0 Å². The number of carboxylic acids is 1. The molecule has 1 atom stereocenters. The van der Waals surface area contributed by atoms with E-state index in [-0.39, 0.29) is 11.6 Å². The quantitative estimate of drug-likeness (QED) is 0.882. The molecule has 0 saturated carbocycles. The summed E-state index contributed by atoms with van der Waals surface area (Å²) in [7, 11) is -3.32. The molecule has 0 radical (unpaired) electrons. The van der Waals surface area contributed by atoms with Crippen molar-refractivity contribution in [3.05, 3.63) is 47.4 Å². The first-order chi connectivity index (χ1) is 12.3. The van der Waals surface area contributed by atoms with Crippen molar-refractivity contribution in [1.82, 2.24) is 14.3 Å². The van der Waals surface area contributed by atoms with Crippen LogP contribution in [-0.2, 0) is 10.0 Å². The molecule has 0 bridgehead atoms. The molecular weight excluding hydrogens is 354 g/mol. The Kier molecular flexibility index (Phi) is 5.06. The molecule has 1 saturated heterocycles. The molecule has 1 fully saturated rings. The van der Waals surface area contributed by atoms with Crippen molar-refractivity contribution in [2.24, 2.45) is 0 Å². The lowest BCUT2D eigenvalue weighted by molar-refractivity contribution is 0.0697. The first-order valence-electron chi connectivity index (χ1n) is 8.42. The normalized spacial score (nSPS) is 18.6. The van der Waals surface area contributed by atoms with Crippen molar-refractivity contribution >= 4 is 16.0 Å². The van der Waals surface area contributed by atoms with Gasteiger partial charge in [0.05, 0.1) is 29.2 Å². The minimum Gasteiger partial charge on any atom is -0.478 e. The van der Waals surface area contributed by atoms with Gasteiger partial charge < -0.3 is 5.11 Å². The Balaban J connectivity index is 2.00. The van der Waals surface area contributed by atoms with Gasteiger partial charge in [-0.3, -0.25) is 0 Å². The van der Waals surface area contributed by atoms with Gasteiger partial charge in [-0.25, -0.2) is 23.2 Å². The predicted octanol–water partition coefficient (Wildman–Crippen LogP) is 2.64. The molecular formula is C18H21N3O4S. The van der Waals surface area contributed by atoms with Crippen LogP contribution in [0.4, 0.5) is 0 Å². The fourth-order valence-corrected chi connectivity index (χ4v) is 4.43. The number of carbonyl (C=O) groups is 1. The van der Waals surface area contributed by atoms with Gasteiger partial charge in [-0.1, -0.05) is 18.6 Å². The van der Waals surface area contributed by atoms with Crippen molar-refractivity contribution in [2.45, 2.75) is 32.2 Å². The van der Waals surface area contributed by atoms with E-state index >= 15 is 0 Å². The van der Waals surface area contributed by atoms with E-state index in [0.29, 0.717) is 23.8 Å². The largest absolute Gasteiger partial charge is 0.478 e. The summed E-state index contributed by atoms with van der Waals surface area (Å²) >= 11 is 0. The summed E-state index contributed by atoms with van der Waals surface area (Å²) in [5.41, 5.74) is 2.31. The lowest BCUT2D eigenvalue weighted by Crippen LogP contribution is -2.38.